The van der Waals surface area contributed by atoms with Crippen molar-refractivity contribution >= 4 is 12.1 Å². The van der Waals surface area contributed by atoms with Crippen LogP contribution in [0.25, 0.3) is 0 Å². The molecule has 1 amide bonds. The summed E-state index contributed by atoms with van der Waals surface area (Å²) in [6, 6.07) is 0.119. The molecule has 0 aromatic heterocycles. The van der Waals surface area contributed by atoms with Gasteiger partial charge in [0.25, 0.3) is 0 Å². The zero-order valence-electron chi connectivity index (χ0n) is 11.2. The van der Waals surface area contributed by atoms with E-state index in [1.807, 2.05) is 0 Å². The maximum absolute atomic E-state index is 11.4. The predicted octanol–water partition coefficient (Wildman–Crippen LogP) is 1.66. The molecule has 0 saturated heterocycles. The van der Waals surface area contributed by atoms with Gasteiger partial charge >= 0.3 is 12.1 Å². The zero-order chi connectivity index (χ0) is 13.8. The van der Waals surface area contributed by atoms with Gasteiger partial charge in [0, 0.05) is 6.04 Å². The summed E-state index contributed by atoms with van der Waals surface area (Å²) < 4.78 is 5.08. The molecule has 1 aliphatic rings. The zero-order valence-corrected chi connectivity index (χ0v) is 11.2. The van der Waals surface area contributed by atoms with E-state index in [9.17, 15) is 9.59 Å². The third kappa shape index (κ3) is 5.35. The minimum Gasteiger partial charge on any atom is -0.481 e. The van der Waals surface area contributed by atoms with E-state index in [4.69, 9.17) is 9.84 Å². The topological polar surface area (TPSA) is 87.7 Å². The number of hydrazine groups is 1. The van der Waals surface area contributed by atoms with E-state index in [0.29, 0.717) is 12.8 Å². The Morgan fingerprint density at radius 2 is 1.72 bits per heavy atom. The van der Waals surface area contributed by atoms with Gasteiger partial charge in [-0.2, -0.15) is 0 Å². The van der Waals surface area contributed by atoms with Gasteiger partial charge in [0.15, 0.2) is 0 Å². The highest BCUT2D eigenvalue weighted by molar-refractivity contribution is 5.70. The molecule has 1 fully saturated rings. The number of carbonyl (C=O) groups is 2. The molecule has 0 aromatic rings. The van der Waals surface area contributed by atoms with Crippen LogP contribution in [0, 0.1) is 5.92 Å². The molecule has 1 rings (SSSR count). The van der Waals surface area contributed by atoms with Crippen LogP contribution < -0.4 is 10.9 Å². The first-order chi connectivity index (χ1) is 8.28. The summed E-state index contributed by atoms with van der Waals surface area (Å²) in [5, 5.41) is 8.86. The third-order valence-electron chi connectivity index (χ3n) is 2.85. The number of carboxylic acids is 1. The van der Waals surface area contributed by atoms with Crippen molar-refractivity contribution in [2.24, 2.45) is 5.92 Å². The lowest BCUT2D eigenvalue weighted by Crippen LogP contribution is -2.47. The van der Waals surface area contributed by atoms with E-state index >= 15 is 0 Å². The number of amides is 1. The summed E-state index contributed by atoms with van der Waals surface area (Å²) in [7, 11) is 0. The first-order valence-corrected chi connectivity index (χ1v) is 6.25. The van der Waals surface area contributed by atoms with Crippen molar-refractivity contribution in [2.45, 2.75) is 58.1 Å². The summed E-state index contributed by atoms with van der Waals surface area (Å²) >= 11 is 0. The van der Waals surface area contributed by atoms with Crippen LogP contribution in [0.3, 0.4) is 0 Å². The molecular formula is C12H22N2O4. The highest BCUT2D eigenvalue weighted by Gasteiger charge is 2.26. The van der Waals surface area contributed by atoms with Gasteiger partial charge in [-0.05, 0) is 46.5 Å². The molecule has 0 aliphatic heterocycles. The second-order valence-electron chi connectivity index (χ2n) is 5.66. The van der Waals surface area contributed by atoms with Crippen LogP contribution >= 0.6 is 0 Å². The molecule has 0 unspecified atom stereocenters. The van der Waals surface area contributed by atoms with Gasteiger partial charge in [-0.25, -0.2) is 10.2 Å². The molecule has 3 N–H and O–H groups in total. The number of nitrogens with one attached hydrogen (secondary N) is 2. The molecule has 0 heterocycles. The maximum atomic E-state index is 11.4. The Morgan fingerprint density at radius 1 is 1.17 bits per heavy atom. The van der Waals surface area contributed by atoms with Crippen LogP contribution in [-0.4, -0.2) is 28.8 Å². The highest BCUT2D eigenvalue weighted by Crippen LogP contribution is 2.24. The molecule has 1 saturated carbocycles. The molecule has 6 heteroatoms. The standard InChI is InChI=1S/C12H22N2O4/c1-12(2,3)18-11(17)14-13-9-6-4-8(5-7-9)10(15)16/h8-9,13H,4-7H2,1-3H3,(H,14,17)(H,15,16). The Kier molecular flexibility index (Phi) is 4.95. The smallest absolute Gasteiger partial charge is 0.422 e. The summed E-state index contributed by atoms with van der Waals surface area (Å²) in [5.41, 5.74) is 4.86. The molecule has 0 aromatic carbocycles. The molecule has 1 aliphatic carbocycles. The second kappa shape index (κ2) is 6.04. The Hall–Kier alpha value is -1.30. The number of hydrogen-bond donors (Lipinski definition) is 3. The third-order valence-corrected chi connectivity index (χ3v) is 2.85. The van der Waals surface area contributed by atoms with Crippen LogP contribution in [0.2, 0.25) is 0 Å². The molecular weight excluding hydrogens is 236 g/mol. The van der Waals surface area contributed by atoms with Crippen molar-refractivity contribution < 1.29 is 19.4 Å². The molecule has 0 radical (unpaired) electrons. The minimum atomic E-state index is -0.728. The summed E-state index contributed by atoms with van der Waals surface area (Å²) in [6.45, 7) is 5.39. The number of hydrogen-bond acceptors (Lipinski definition) is 4. The average Bonchev–Trinajstić information content (AvgIpc) is 2.24. The van der Waals surface area contributed by atoms with E-state index in [1.165, 1.54) is 0 Å². The Labute approximate surface area is 107 Å². The van der Waals surface area contributed by atoms with Crippen LogP contribution in [0.15, 0.2) is 0 Å². The molecule has 0 spiro atoms. The van der Waals surface area contributed by atoms with Crippen LogP contribution in [0.4, 0.5) is 4.79 Å². The number of rotatable bonds is 3. The molecule has 0 bridgehead atoms. The first-order valence-electron chi connectivity index (χ1n) is 6.25. The van der Waals surface area contributed by atoms with Gasteiger partial charge < -0.3 is 9.84 Å². The minimum absolute atomic E-state index is 0.119. The van der Waals surface area contributed by atoms with Crippen molar-refractivity contribution in [2.75, 3.05) is 0 Å². The van der Waals surface area contributed by atoms with Gasteiger partial charge in [0.2, 0.25) is 0 Å². The normalized spacial score (nSPS) is 24.4. The lowest BCUT2D eigenvalue weighted by Gasteiger charge is -2.27. The number of carboxylic acid groups (broad SMARTS) is 1. The molecule has 6 nitrogen and oxygen atoms in total. The van der Waals surface area contributed by atoms with Gasteiger partial charge in [0.05, 0.1) is 5.92 Å². The second-order valence-corrected chi connectivity index (χ2v) is 5.66. The van der Waals surface area contributed by atoms with Crippen molar-refractivity contribution in [3.05, 3.63) is 0 Å². The van der Waals surface area contributed by atoms with Gasteiger partial charge in [-0.15, -0.1) is 0 Å². The summed E-state index contributed by atoms with van der Waals surface area (Å²) in [6.07, 6.45) is 2.26. The number of ether oxygens (including phenoxy) is 1. The maximum Gasteiger partial charge on any atom is 0.422 e. The SMILES string of the molecule is CC(C)(C)OC(=O)NNC1CCC(C(=O)O)CC1. The Balaban J connectivity index is 2.22. The van der Waals surface area contributed by atoms with E-state index in [-0.39, 0.29) is 12.0 Å². The molecule has 18 heavy (non-hydrogen) atoms. The molecule has 104 valence electrons. The fraction of sp³-hybridized carbons (Fsp3) is 0.833. The quantitative estimate of drug-likeness (QED) is 0.670. The Morgan fingerprint density at radius 3 is 2.17 bits per heavy atom. The summed E-state index contributed by atoms with van der Waals surface area (Å²) in [4.78, 5) is 22.2. The monoisotopic (exact) mass is 258 g/mol. The lowest BCUT2D eigenvalue weighted by atomic mass is 9.86. The predicted molar refractivity (Wildman–Crippen MR) is 65.9 cm³/mol. The van der Waals surface area contributed by atoms with E-state index in [0.717, 1.165) is 12.8 Å². The van der Waals surface area contributed by atoms with Gasteiger partial charge in [0.1, 0.15) is 5.60 Å². The number of aliphatic carboxylic acids is 1. The Bertz CT molecular complexity index is 304. The number of carbonyl (C=O) groups excluding carboxylic acids is 1. The highest BCUT2D eigenvalue weighted by atomic mass is 16.6. The van der Waals surface area contributed by atoms with Crippen molar-refractivity contribution in [1.82, 2.24) is 10.9 Å². The van der Waals surface area contributed by atoms with Crippen LogP contribution in [-0.2, 0) is 9.53 Å². The van der Waals surface area contributed by atoms with Crippen LogP contribution in [0.1, 0.15) is 46.5 Å². The van der Waals surface area contributed by atoms with Gasteiger partial charge in [-0.1, -0.05) is 0 Å². The fourth-order valence-electron chi connectivity index (χ4n) is 1.95. The van der Waals surface area contributed by atoms with Gasteiger partial charge in [-0.3, -0.25) is 10.2 Å². The van der Waals surface area contributed by atoms with E-state index in [1.54, 1.807) is 20.8 Å². The van der Waals surface area contributed by atoms with Crippen molar-refractivity contribution in [3.63, 3.8) is 0 Å². The largest absolute Gasteiger partial charge is 0.481 e. The fourth-order valence-corrected chi connectivity index (χ4v) is 1.95. The average molecular weight is 258 g/mol. The van der Waals surface area contributed by atoms with E-state index < -0.39 is 17.7 Å². The lowest BCUT2D eigenvalue weighted by molar-refractivity contribution is -0.142. The van der Waals surface area contributed by atoms with Crippen molar-refractivity contribution in [3.8, 4) is 0 Å². The first kappa shape index (κ1) is 14.8. The van der Waals surface area contributed by atoms with Crippen molar-refractivity contribution in [1.29, 1.82) is 0 Å². The summed E-state index contributed by atoms with van der Waals surface area (Å²) in [5.74, 6) is -0.974. The molecule has 0 atom stereocenters. The van der Waals surface area contributed by atoms with Crippen LogP contribution in [0.5, 0.6) is 0 Å². The van der Waals surface area contributed by atoms with E-state index in [2.05, 4.69) is 10.9 Å².